The topological polar surface area (TPSA) is 96.4 Å². The molecule has 0 saturated carbocycles. The Kier molecular flexibility index (Phi) is 8.62. The van der Waals surface area contributed by atoms with Crippen LogP contribution in [-0.4, -0.2) is 82.3 Å². The molecule has 6 atom stereocenters. The molecule has 0 radical (unpaired) electrons. The van der Waals surface area contributed by atoms with Crippen LogP contribution >= 0.6 is 0 Å². The number of nitrogens with zero attached hydrogens (tertiary/aromatic N) is 2. The van der Waals surface area contributed by atoms with Crippen LogP contribution in [0, 0.1) is 11.8 Å². The predicted octanol–water partition coefficient (Wildman–Crippen LogP) is 3.12. The maximum Gasteiger partial charge on any atom is 0.312 e. The van der Waals surface area contributed by atoms with Gasteiger partial charge in [-0.25, -0.2) is 0 Å². The third kappa shape index (κ3) is 4.77. The monoisotopic (exact) mass is 526 g/mol. The Bertz CT molecular complexity index is 1030. The van der Waals surface area contributed by atoms with Gasteiger partial charge in [0.25, 0.3) is 0 Å². The fraction of sp³-hybridized carbons (Fsp3) is 0.633. The van der Waals surface area contributed by atoms with E-state index in [0.29, 0.717) is 32.4 Å². The number of aliphatic hydroxyl groups excluding tert-OH is 1. The normalized spacial score (nSPS) is 30.3. The first-order chi connectivity index (χ1) is 18.3. The van der Waals surface area contributed by atoms with Gasteiger partial charge in [-0.2, -0.15) is 0 Å². The van der Waals surface area contributed by atoms with Crippen molar-refractivity contribution >= 4 is 17.8 Å². The van der Waals surface area contributed by atoms with Crippen molar-refractivity contribution in [3.05, 3.63) is 48.6 Å². The number of amides is 2. The summed E-state index contributed by atoms with van der Waals surface area (Å²) in [5.41, 5.74) is -1.07. The molecule has 8 heteroatoms. The second kappa shape index (κ2) is 11.6. The molecule has 3 saturated heterocycles. The van der Waals surface area contributed by atoms with E-state index in [0.717, 1.165) is 24.8 Å². The number of hydrogen-bond acceptors (Lipinski definition) is 6. The van der Waals surface area contributed by atoms with E-state index in [9.17, 15) is 19.5 Å². The molecular weight excluding hydrogens is 484 g/mol. The number of fused-ring (bicyclic) bond motifs is 1. The molecule has 208 valence electrons. The first kappa shape index (κ1) is 28.3. The summed E-state index contributed by atoms with van der Waals surface area (Å²) < 4.78 is 12.1. The average Bonchev–Trinajstić information content (AvgIpc) is 3.48. The number of benzene rings is 1. The zero-order chi connectivity index (χ0) is 27.5. The molecule has 1 N–H and O–H groups in total. The van der Waals surface area contributed by atoms with Crippen molar-refractivity contribution in [1.29, 1.82) is 0 Å². The van der Waals surface area contributed by atoms with Crippen molar-refractivity contribution in [2.75, 3.05) is 26.3 Å². The fourth-order valence-corrected chi connectivity index (χ4v) is 6.94. The number of aliphatic hydroxyl groups is 1. The number of carbonyl (C=O) groups excluding carboxylic acids is 3. The molecule has 1 aromatic rings. The lowest BCUT2D eigenvalue weighted by Gasteiger charge is -2.39. The van der Waals surface area contributed by atoms with E-state index in [-0.39, 0.29) is 25.0 Å². The lowest BCUT2D eigenvalue weighted by Crippen LogP contribution is -2.59. The van der Waals surface area contributed by atoms with E-state index in [1.807, 2.05) is 37.3 Å². The van der Waals surface area contributed by atoms with Crippen LogP contribution in [0.5, 0.6) is 0 Å². The maximum absolute atomic E-state index is 14.4. The predicted molar refractivity (Wildman–Crippen MR) is 143 cm³/mol. The van der Waals surface area contributed by atoms with Crippen molar-refractivity contribution in [2.24, 2.45) is 11.8 Å². The summed E-state index contributed by atoms with van der Waals surface area (Å²) >= 11 is 0. The van der Waals surface area contributed by atoms with Crippen LogP contribution in [-0.2, 0) is 30.3 Å². The van der Waals surface area contributed by atoms with E-state index in [2.05, 4.69) is 13.5 Å². The number of hydrogen-bond donors (Lipinski definition) is 1. The summed E-state index contributed by atoms with van der Waals surface area (Å²) in [6, 6.07) is 8.04. The molecule has 3 aliphatic heterocycles. The summed E-state index contributed by atoms with van der Waals surface area (Å²) in [6.07, 6.45) is 5.96. The van der Waals surface area contributed by atoms with Gasteiger partial charge >= 0.3 is 5.97 Å². The molecule has 0 aliphatic carbocycles. The van der Waals surface area contributed by atoms with Crippen LogP contribution in [0.3, 0.4) is 0 Å². The standard InChI is InChI=1S/C30H42N2O6/c1-5-8-12-18-31(17-6-2)27(35)25-30-16-15-29(4,38-30)24(28(36)37-7-3)23(30)26(34)32(25)22(20-33)19-21-13-10-9-11-14-21/h6,9-11,13-14,22-25,33H,2,5,7-8,12,15-20H2,1,3-4H3/t22-,23+,24-,25?,29+,30?/m1/s1. The van der Waals surface area contributed by atoms with Crippen molar-refractivity contribution in [1.82, 2.24) is 9.80 Å². The van der Waals surface area contributed by atoms with Gasteiger partial charge in [0, 0.05) is 13.1 Å². The van der Waals surface area contributed by atoms with Crippen LogP contribution in [0.25, 0.3) is 0 Å². The zero-order valence-corrected chi connectivity index (χ0v) is 22.9. The van der Waals surface area contributed by atoms with Crippen LogP contribution in [0.1, 0.15) is 58.4 Å². The van der Waals surface area contributed by atoms with Crippen molar-refractivity contribution in [3.63, 3.8) is 0 Å². The Balaban J connectivity index is 1.78. The lowest BCUT2D eigenvalue weighted by molar-refractivity contribution is -0.161. The molecule has 1 spiro atoms. The van der Waals surface area contributed by atoms with E-state index in [1.165, 1.54) is 0 Å². The third-order valence-corrected chi connectivity index (χ3v) is 8.60. The van der Waals surface area contributed by atoms with Gasteiger partial charge in [0.15, 0.2) is 0 Å². The van der Waals surface area contributed by atoms with Gasteiger partial charge in [-0.05, 0) is 45.1 Å². The summed E-state index contributed by atoms with van der Waals surface area (Å²) in [5.74, 6) is -2.62. The molecule has 2 unspecified atom stereocenters. The van der Waals surface area contributed by atoms with E-state index in [1.54, 1.807) is 22.8 Å². The minimum Gasteiger partial charge on any atom is -0.466 e. The Morgan fingerprint density at radius 2 is 2.00 bits per heavy atom. The summed E-state index contributed by atoms with van der Waals surface area (Å²) in [7, 11) is 0. The minimum absolute atomic E-state index is 0.198. The number of rotatable bonds is 13. The Hall–Kier alpha value is -2.71. The highest BCUT2D eigenvalue weighted by molar-refractivity contribution is 5.98. The lowest BCUT2D eigenvalue weighted by atomic mass is 9.66. The molecule has 38 heavy (non-hydrogen) atoms. The van der Waals surface area contributed by atoms with Gasteiger partial charge < -0.3 is 24.4 Å². The molecule has 0 aromatic heterocycles. The van der Waals surface area contributed by atoms with Gasteiger partial charge in [0.1, 0.15) is 17.6 Å². The number of esters is 1. The summed E-state index contributed by atoms with van der Waals surface area (Å²) in [4.78, 5) is 45.2. The van der Waals surface area contributed by atoms with Crippen molar-refractivity contribution < 1.29 is 29.0 Å². The number of unbranched alkanes of at least 4 members (excludes halogenated alkanes) is 2. The summed E-state index contributed by atoms with van der Waals surface area (Å²) in [5, 5.41) is 10.6. The van der Waals surface area contributed by atoms with Crippen LogP contribution in [0.15, 0.2) is 43.0 Å². The first-order valence-electron chi connectivity index (χ1n) is 14.0. The number of carbonyl (C=O) groups is 3. The highest BCUT2D eigenvalue weighted by Crippen LogP contribution is 2.63. The first-order valence-corrected chi connectivity index (χ1v) is 14.0. The van der Waals surface area contributed by atoms with Gasteiger partial charge in [0.2, 0.25) is 11.8 Å². The molecule has 3 fully saturated rings. The molecule has 4 rings (SSSR count). The molecule has 2 amide bonds. The van der Waals surface area contributed by atoms with Crippen molar-refractivity contribution in [3.8, 4) is 0 Å². The quantitative estimate of drug-likeness (QED) is 0.241. The van der Waals surface area contributed by atoms with Gasteiger partial charge in [-0.15, -0.1) is 6.58 Å². The maximum atomic E-state index is 14.4. The molecule has 3 heterocycles. The minimum atomic E-state index is -1.14. The largest absolute Gasteiger partial charge is 0.466 e. The van der Waals surface area contributed by atoms with Crippen LogP contribution < -0.4 is 0 Å². The molecule has 2 bridgehead atoms. The van der Waals surface area contributed by atoms with E-state index < -0.39 is 41.1 Å². The SMILES string of the molecule is C=CCN(CCCCC)C(=O)C1N([C@@H](CO)Cc2ccccc2)C(=O)[C@@H]2[C@H](C(=O)OCC)[C@]3(C)CCC12O3. The highest BCUT2D eigenvalue weighted by atomic mass is 16.6. The fourth-order valence-electron chi connectivity index (χ4n) is 6.94. The highest BCUT2D eigenvalue weighted by Gasteiger charge is 2.79. The molecule has 3 aliphatic rings. The second-order valence-corrected chi connectivity index (χ2v) is 11.0. The molecule has 1 aromatic carbocycles. The van der Waals surface area contributed by atoms with E-state index >= 15 is 0 Å². The van der Waals surface area contributed by atoms with Gasteiger partial charge in [0.05, 0.1) is 30.8 Å². The number of ether oxygens (including phenoxy) is 2. The van der Waals surface area contributed by atoms with Crippen molar-refractivity contribution in [2.45, 2.75) is 82.6 Å². The summed E-state index contributed by atoms with van der Waals surface area (Å²) in [6.45, 7) is 10.3. The van der Waals surface area contributed by atoms with Gasteiger partial charge in [-0.1, -0.05) is 56.2 Å². The Labute approximate surface area is 226 Å². The third-order valence-electron chi connectivity index (χ3n) is 8.60. The Morgan fingerprint density at radius 1 is 1.26 bits per heavy atom. The van der Waals surface area contributed by atoms with E-state index in [4.69, 9.17) is 9.47 Å². The van der Waals surface area contributed by atoms with Crippen LogP contribution in [0.4, 0.5) is 0 Å². The Morgan fingerprint density at radius 3 is 2.63 bits per heavy atom. The zero-order valence-electron chi connectivity index (χ0n) is 22.9. The second-order valence-electron chi connectivity index (χ2n) is 11.0. The number of likely N-dealkylation sites (tertiary alicyclic amines) is 1. The van der Waals surface area contributed by atoms with Gasteiger partial charge in [-0.3, -0.25) is 14.4 Å². The molecule has 8 nitrogen and oxygen atoms in total. The average molecular weight is 527 g/mol. The smallest absolute Gasteiger partial charge is 0.312 e. The molecular formula is C30H42N2O6. The van der Waals surface area contributed by atoms with Crippen LogP contribution in [0.2, 0.25) is 0 Å².